The third-order valence-electron chi connectivity index (χ3n) is 4.01. The van der Waals surface area contributed by atoms with Gasteiger partial charge in [-0.1, -0.05) is 13.8 Å². The second kappa shape index (κ2) is 6.07. The molecule has 2 heterocycles. The van der Waals surface area contributed by atoms with Crippen molar-refractivity contribution in [3.05, 3.63) is 0 Å². The van der Waals surface area contributed by atoms with Gasteiger partial charge in [-0.05, 0) is 0 Å². The zero-order chi connectivity index (χ0) is 15.9. The lowest BCUT2D eigenvalue weighted by molar-refractivity contribution is -0.136. The van der Waals surface area contributed by atoms with Gasteiger partial charge in [-0.25, -0.2) is 9.59 Å². The molecular weight excluding hydrogens is 362 g/mol. The van der Waals surface area contributed by atoms with Gasteiger partial charge in [0.2, 0.25) is 0 Å². The Bertz CT molecular complexity index is 384. The van der Waals surface area contributed by atoms with Crippen molar-refractivity contribution in [3.63, 3.8) is 0 Å². The topological polar surface area (TPSA) is 47.1 Å². The average molecular weight is 378 g/mol. The normalized spacial score (nSPS) is 28.5. The highest BCUT2D eigenvalue weighted by Crippen LogP contribution is 2.45. The molecule has 2 aliphatic rings. The van der Waals surface area contributed by atoms with Crippen LogP contribution >= 0.6 is 46.4 Å². The Hall–Kier alpha value is -0.300. The molecule has 21 heavy (non-hydrogen) atoms. The number of hydrogen-bond donors (Lipinski definition) is 0. The lowest BCUT2D eigenvalue weighted by atomic mass is 9.79. The van der Waals surface area contributed by atoms with Crippen LogP contribution < -0.4 is 0 Å². The minimum atomic E-state index is -0.545. The summed E-state index contributed by atoms with van der Waals surface area (Å²) in [6.45, 7) is 3.86. The number of alkyl halides is 4. The molecule has 0 saturated carbocycles. The smallest absolute Gasteiger partial charge is 0.289 e. The van der Waals surface area contributed by atoms with Crippen molar-refractivity contribution in [3.8, 4) is 0 Å². The molecule has 0 aromatic heterocycles. The summed E-state index contributed by atoms with van der Waals surface area (Å²) in [7, 11) is 0. The predicted molar refractivity (Wildman–Crippen MR) is 82.4 cm³/mol. The van der Waals surface area contributed by atoms with Crippen molar-refractivity contribution in [1.29, 1.82) is 0 Å². The van der Waals surface area contributed by atoms with Crippen LogP contribution in [0.3, 0.4) is 0 Å². The Morgan fingerprint density at radius 3 is 1.19 bits per heavy atom. The Kier molecular flexibility index (Phi) is 4.93. The highest BCUT2D eigenvalue weighted by atomic mass is 35.5. The van der Waals surface area contributed by atoms with E-state index in [4.69, 9.17) is 46.4 Å². The summed E-state index contributed by atoms with van der Waals surface area (Å²) in [6, 6.07) is -0.925. The van der Waals surface area contributed by atoms with Gasteiger partial charge in [-0.2, -0.15) is 0 Å². The minimum Gasteiger partial charge on any atom is -0.289 e. The number of rotatable bonds is 4. The van der Waals surface area contributed by atoms with Crippen molar-refractivity contribution >= 4 is 58.5 Å². The first-order chi connectivity index (χ1) is 9.86. The Morgan fingerprint density at radius 2 is 1.00 bits per heavy atom. The van der Waals surface area contributed by atoms with E-state index in [-0.39, 0.29) is 36.1 Å². The van der Waals surface area contributed by atoms with E-state index >= 15 is 0 Å². The van der Waals surface area contributed by atoms with Crippen LogP contribution in [0, 0.1) is 5.41 Å². The molecule has 2 bridgehead atoms. The molecule has 0 atom stereocenters. The molecule has 2 aliphatic heterocycles. The van der Waals surface area contributed by atoms with Crippen LogP contribution in [0.25, 0.3) is 0 Å². The standard InChI is InChI=1S/C11H16Cl4N4O2/c1-11(2)7-16(3-12)9(20)18(5-14)8(11)19(6-15)10(21)17(7)4-13/h7-8H,3-6H2,1-2H3. The van der Waals surface area contributed by atoms with Crippen molar-refractivity contribution in [2.24, 2.45) is 5.41 Å². The Morgan fingerprint density at radius 1 is 0.762 bits per heavy atom. The first-order valence-corrected chi connectivity index (χ1v) is 8.38. The van der Waals surface area contributed by atoms with Gasteiger partial charge in [0.1, 0.15) is 12.3 Å². The molecule has 0 N–H and O–H groups in total. The highest BCUT2D eigenvalue weighted by Gasteiger charge is 2.61. The molecule has 0 radical (unpaired) electrons. The minimum absolute atomic E-state index is 0.0609. The first-order valence-electron chi connectivity index (χ1n) is 6.25. The van der Waals surface area contributed by atoms with Crippen molar-refractivity contribution in [1.82, 2.24) is 19.6 Å². The summed E-state index contributed by atoms with van der Waals surface area (Å²) in [5, 5.41) is 0. The molecule has 10 heteroatoms. The number of fused-ring (bicyclic) bond motifs is 2. The van der Waals surface area contributed by atoms with Crippen molar-refractivity contribution in [2.45, 2.75) is 26.2 Å². The molecule has 0 spiro atoms. The fourth-order valence-corrected chi connectivity index (χ4v) is 4.22. The van der Waals surface area contributed by atoms with Crippen LogP contribution in [-0.2, 0) is 0 Å². The van der Waals surface area contributed by atoms with Gasteiger partial charge in [0.25, 0.3) is 0 Å². The molecule has 6 nitrogen and oxygen atoms in total. The van der Waals surface area contributed by atoms with Gasteiger partial charge in [-0.15, -0.1) is 46.4 Å². The van der Waals surface area contributed by atoms with Gasteiger partial charge in [0.05, 0.1) is 24.0 Å². The Labute approximate surface area is 143 Å². The average Bonchev–Trinajstić information content (AvgIpc) is 2.44. The van der Waals surface area contributed by atoms with Crippen LogP contribution in [0.15, 0.2) is 0 Å². The Balaban J connectivity index is 2.59. The van der Waals surface area contributed by atoms with Crippen LogP contribution in [0.5, 0.6) is 0 Å². The second-order valence-electron chi connectivity index (χ2n) is 5.49. The van der Waals surface area contributed by atoms with Crippen molar-refractivity contribution < 1.29 is 9.59 Å². The second-order valence-corrected chi connectivity index (χ2v) is 6.45. The number of urea groups is 2. The zero-order valence-corrected chi connectivity index (χ0v) is 14.6. The summed E-state index contributed by atoms with van der Waals surface area (Å²) in [5.41, 5.74) is -0.532. The van der Waals surface area contributed by atoms with Gasteiger partial charge in [-0.3, -0.25) is 19.6 Å². The summed E-state index contributed by atoms with van der Waals surface area (Å²) in [5.74, 6) is 0. The van der Waals surface area contributed by atoms with E-state index in [1.165, 1.54) is 19.6 Å². The quantitative estimate of drug-likeness (QED) is 0.558. The molecule has 0 aromatic carbocycles. The van der Waals surface area contributed by atoms with E-state index in [1.807, 2.05) is 13.8 Å². The summed E-state index contributed by atoms with van der Waals surface area (Å²) in [4.78, 5) is 30.7. The summed E-state index contributed by atoms with van der Waals surface area (Å²) < 4.78 is 0. The van der Waals surface area contributed by atoms with Gasteiger partial charge in [0.15, 0.2) is 0 Å². The third-order valence-corrected chi connectivity index (χ3v) is 5.04. The van der Waals surface area contributed by atoms with Gasteiger partial charge >= 0.3 is 12.1 Å². The number of carbonyl (C=O) groups excluding carboxylic acids is 2. The first kappa shape index (κ1) is 17.1. The van der Waals surface area contributed by atoms with Crippen LogP contribution in [0.4, 0.5) is 9.59 Å². The fourth-order valence-electron chi connectivity index (χ4n) is 3.29. The SMILES string of the molecule is CC1(C)C2N(CCl)C(=O)N(CCl)C1N(CCl)C(=O)N2CCl. The molecule has 0 unspecified atom stereocenters. The van der Waals surface area contributed by atoms with E-state index in [9.17, 15) is 9.59 Å². The largest absolute Gasteiger partial charge is 0.325 e. The van der Waals surface area contributed by atoms with Gasteiger partial charge < -0.3 is 0 Å². The maximum absolute atomic E-state index is 12.6. The zero-order valence-electron chi connectivity index (χ0n) is 11.6. The number of amides is 4. The number of halogens is 4. The number of carbonyl (C=O) groups is 2. The van der Waals surface area contributed by atoms with Crippen LogP contribution in [0.2, 0.25) is 0 Å². The van der Waals surface area contributed by atoms with E-state index in [0.717, 1.165) is 0 Å². The van der Waals surface area contributed by atoms with Gasteiger partial charge in [0, 0.05) is 5.41 Å². The summed E-state index contributed by atoms with van der Waals surface area (Å²) in [6.07, 6.45) is -1.09. The van der Waals surface area contributed by atoms with Crippen molar-refractivity contribution in [2.75, 3.05) is 24.0 Å². The van der Waals surface area contributed by atoms with E-state index in [1.54, 1.807) is 0 Å². The van der Waals surface area contributed by atoms with E-state index in [2.05, 4.69) is 0 Å². The predicted octanol–water partition coefficient (Wildman–Crippen LogP) is 2.93. The fraction of sp³-hybridized carbons (Fsp3) is 0.818. The molecule has 0 aromatic rings. The molecule has 2 fully saturated rings. The lowest BCUT2D eigenvalue weighted by Gasteiger charge is -2.63. The maximum atomic E-state index is 12.6. The molecule has 0 aliphatic carbocycles. The van der Waals surface area contributed by atoms with E-state index in [0.29, 0.717) is 0 Å². The summed E-state index contributed by atoms with van der Waals surface area (Å²) >= 11 is 23.7. The highest BCUT2D eigenvalue weighted by molar-refractivity contribution is 6.21. The lowest BCUT2D eigenvalue weighted by Crippen LogP contribution is -2.80. The molecule has 4 amide bonds. The molecular formula is C11H16Cl4N4O2. The van der Waals surface area contributed by atoms with Crippen LogP contribution in [-0.4, -0.2) is 68.0 Å². The third kappa shape index (κ3) is 2.31. The van der Waals surface area contributed by atoms with Crippen LogP contribution in [0.1, 0.15) is 13.8 Å². The number of nitrogens with zero attached hydrogens (tertiary/aromatic N) is 4. The molecule has 120 valence electrons. The monoisotopic (exact) mass is 376 g/mol. The molecule has 2 saturated heterocycles. The van der Waals surface area contributed by atoms with E-state index < -0.39 is 17.7 Å². The molecule has 2 rings (SSSR count). The number of hydrogen-bond acceptors (Lipinski definition) is 2. The maximum Gasteiger partial charge on any atom is 0.325 e.